The minimum atomic E-state index is -0.734. The van der Waals surface area contributed by atoms with Gasteiger partial charge in [0.15, 0.2) is 6.10 Å². The second-order valence-electron chi connectivity index (χ2n) is 5.48. The monoisotopic (exact) mass is 358 g/mol. The van der Waals surface area contributed by atoms with Crippen molar-refractivity contribution in [2.24, 2.45) is 0 Å². The van der Waals surface area contributed by atoms with Crippen LogP contribution in [0.4, 0.5) is 5.69 Å². The SMILES string of the molecule is CNC(=O)[C@@H]1CN(C(=O)CSc2ccc(O)cc2)c2ccccc2O1. The standard InChI is InChI=1S/C18H18N2O4S/c1-19-18(23)16-10-20(14-4-2-3-5-15(14)24-16)17(22)11-25-13-8-6-12(21)7-9-13/h2-9,16,21H,10-11H2,1H3,(H,19,23)/t16-/m0/s1. The number of ether oxygens (including phenoxy) is 1. The summed E-state index contributed by atoms with van der Waals surface area (Å²) in [5, 5.41) is 11.9. The summed E-state index contributed by atoms with van der Waals surface area (Å²) in [5.74, 6) is 0.553. The molecule has 7 heteroatoms. The van der Waals surface area contributed by atoms with Crippen molar-refractivity contribution in [2.75, 3.05) is 24.2 Å². The van der Waals surface area contributed by atoms with Crippen LogP contribution in [0.5, 0.6) is 11.5 Å². The molecule has 0 unspecified atom stereocenters. The van der Waals surface area contributed by atoms with Crippen molar-refractivity contribution < 1.29 is 19.4 Å². The molecule has 2 amide bonds. The van der Waals surface area contributed by atoms with Gasteiger partial charge in [-0.25, -0.2) is 0 Å². The molecule has 6 nitrogen and oxygen atoms in total. The molecule has 0 radical (unpaired) electrons. The Bertz CT molecular complexity index is 779. The quantitative estimate of drug-likeness (QED) is 0.818. The number of rotatable bonds is 4. The van der Waals surface area contributed by atoms with Crippen LogP contribution in [0.3, 0.4) is 0 Å². The Labute approximate surface area is 149 Å². The van der Waals surface area contributed by atoms with Crippen LogP contribution in [0.1, 0.15) is 0 Å². The predicted octanol–water partition coefficient (Wildman–Crippen LogP) is 2.02. The molecule has 25 heavy (non-hydrogen) atoms. The number of aromatic hydroxyl groups is 1. The van der Waals surface area contributed by atoms with Gasteiger partial charge in [0.05, 0.1) is 18.0 Å². The van der Waals surface area contributed by atoms with Crippen LogP contribution in [0.15, 0.2) is 53.4 Å². The van der Waals surface area contributed by atoms with Crippen LogP contribution in [0, 0.1) is 0 Å². The average molecular weight is 358 g/mol. The fraction of sp³-hybridized carbons (Fsp3) is 0.222. The van der Waals surface area contributed by atoms with Crippen molar-refractivity contribution >= 4 is 29.3 Å². The first-order valence-corrected chi connectivity index (χ1v) is 8.76. The van der Waals surface area contributed by atoms with Crippen LogP contribution in [-0.2, 0) is 9.59 Å². The summed E-state index contributed by atoms with van der Waals surface area (Å²) in [6, 6.07) is 13.9. The third-order valence-electron chi connectivity index (χ3n) is 3.81. The summed E-state index contributed by atoms with van der Waals surface area (Å²) in [7, 11) is 1.54. The lowest BCUT2D eigenvalue weighted by molar-refractivity contribution is -0.127. The van der Waals surface area contributed by atoms with E-state index in [1.165, 1.54) is 11.8 Å². The highest BCUT2D eigenvalue weighted by molar-refractivity contribution is 8.00. The van der Waals surface area contributed by atoms with E-state index in [-0.39, 0.29) is 29.9 Å². The molecule has 1 aliphatic heterocycles. The van der Waals surface area contributed by atoms with Gasteiger partial charge >= 0.3 is 0 Å². The number of likely N-dealkylation sites (N-methyl/N-ethyl adjacent to an activating group) is 1. The summed E-state index contributed by atoms with van der Waals surface area (Å²) >= 11 is 1.38. The molecule has 0 aromatic heterocycles. The zero-order valence-electron chi connectivity index (χ0n) is 13.6. The molecule has 1 atom stereocenters. The fourth-order valence-corrected chi connectivity index (χ4v) is 3.31. The molecule has 2 N–H and O–H groups in total. The van der Waals surface area contributed by atoms with Crippen molar-refractivity contribution in [2.45, 2.75) is 11.0 Å². The zero-order chi connectivity index (χ0) is 17.8. The number of anilines is 1. The Morgan fingerprint density at radius 1 is 1.24 bits per heavy atom. The van der Waals surface area contributed by atoms with E-state index in [9.17, 15) is 14.7 Å². The molecular formula is C18H18N2O4S. The second-order valence-corrected chi connectivity index (χ2v) is 6.52. The molecule has 2 aromatic rings. The molecule has 0 saturated heterocycles. The Morgan fingerprint density at radius 2 is 1.96 bits per heavy atom. The van der Waals surface area contributed by atoms with E-state index < -0.39 is 6.10 Å². The molecular weight excluding hydrogens is 340 g/mol. The minimum absolute atomic E-state index is 0.109. The maximum absolute atomic E-state index is 12.7. The van der Waals surface area contributed by atoms with Gasteiger partial charge in [-0.1, -0.05) is 12.1 Å². The molecule has 0 aliphatic carbocycles. The third-order valence-corrected chi connectivity index (χ3v) is 4.81. The molecule has 130 valence electrons. The Balaban J connectivity index is 1.75. The van der Waals surface area contributed by atoms with Gasteiger partial charge in [0.25, 0.3) is 5.91 Å². The number of phenols is 1. The number of hydrogen-bond acceptors (Lipinski definition) is 5. The number of amides is 2. The summed E-state index contributed by atoms with van der Waals surface area (Å²) in [4.78, 5) is 27.2. The van der Waals surface area contributed by atoms with Gasteiger partial charge < -0.3 is 20.1 Å². The molecule has 0 saturated carbocycles. The normalized spacial score (nSPS) is 15.9. The van der Waals surface area contributed by atoms with E-state index in [1.54, 1.807) is 54.4 Å². The van der Waals surface area contributed by atoms with Crippen LogP contribution in [0.2, 0.25) is 0 Å². The summed E-state index contributed by atoms with van der Waals surface area (Å²) in [6.45, 7) is 0.172. The number of nitrogens with zero attached hydrogens (tertiary/aromatic N) is 1. The van der Waals surface area contributed by atoms with Gasteiger partial charge in [-0.15, -0.1) is 11.8 Å². The van der Waals surface area contributed by atoms with Crippen LogP contribution < -0.4 is 15.0 Å². The molecule has 0 fully saturated rings. The van der Waals surface area contributed by atoms with Crippen LogP contribution >= 0.6 is 11.8 Å². The van der Waals surface area contributed by atoms with Gasteiger partial charge in [-0.3, -0.25) is 9.59 Å². The predicted molar refractivity (Wildman–Crippen MR) is 96.1 cm³/mol. The minimum Gasteiger partial charge on any atom is -0.508 e. The molecule has 3 rings (SSSR count). The van der Waals surface area contributed by atoms with Crippen molar-refractivity contribution in [1.29, 1.82) is 0 Å². The van der Waals surface area contributed by atoms with Crippen LogP contribution in [-0.4, -0.2) is 42.4 Å². The van der Waals surface area contributed by atoms with Gasteiger partial charge in [-0.2, -0.15) is 0 Å². The smallest absolute Gasteiger partial charge is 0.262 e. The van der Waals surface area contributed by atoms with E-state index in [1.807, 2.05) is 6.07 Å². The Morgan fingerprint density at radius 3 is 2.68 bits per heavy atom. The van der Waals surface area contributed by atoms with Crippen molar-refractivity contribution in [1.82, 2.24) is 5.32 Å². The van der Waals surface area contributed by atoms with E-state index >= 15 is 0 Å². The molecule has 1 heterocycles. The lowest BCUT2D eigenvalue weighted by Crippen LogP contribution is -2.50. The summed E-state index contributed by atoms with van der Waals surface area (Å²) in [6.07, 6.45) is -0.734. The maximum Gasteiger partial charge on any atom is 0.262 e. The molecule has 0 spiro atoms. The Hall–Kier alpha value is -2.67. The molecule has 0 bridgehead atoms. The second kappa shape index (κ2) is 7.48. The van der Waals surface area contributed by atoms with Gasteiger partial charge in [0, 0.05) is 11.9 Å². The van der Waals surface area contributed by atoms with E-state index in [4.69, 9.17) is 4.74 Å². The number of carbonyl (C=O) groups excluding carboxylic acids is 2. The van der Waals surface area contributed by atoms with E-state index in [2.05, 4.69) is 5.32 Å². The highest BCUT2D eigenvalue weighted by Crippen LogP contribution is 2.34. The lowest BCUT2D eigenvalue weighted by atomic mass is 10.2. The highest BCUT2D eigenvalue weighted by atomic mass is 32.2. The van der Waals surface area contributed by atoms with Gasteiger partial charge in [0.2, 0.25) is 5.91 Å². The molecule has 2 aromatic carbocycles. The Kier molecular flexibility index (Phi) is 5.14. The molecule has 1 aliphatic rings. The number of hydrogen-bond donors (Lipinski definition) is 2. The van der Waals surface area contributed by atoms with Gasteiger partial charge in [-0.05, 0) is 36.4 Å². The van der Waals surface area contributed by atoms with Crippen LogP contribution in [0.25, 0.3) is 0 Å². The third kappa shape index (κ3) is 3.88. The largest absolute Gasteiger partial charge is 0.508 e. The number of nitrogens with one attached hydrogen (secondary N) is 1. The lowest BCUT2D eigenvalue weighted by Gasteiger charge is -2.34. The number of phenolic OH excluding ortho intramolecular Hbond substituents is 1. The fourth-order valence-electron chi connectivity index (χ4n) is 2.53. The first-order chi connectivity index (χ1) is 12.1. The summed E-state index contributed by atoms with van der Waals surface area (Å²) < 4.78 is 5.70. The topological polar surface area (TPSA) is 78.9 Å². The van der Waals surface area contributed by atoms with Crippen molar-refractivity contribution in [3.63, 3.8) is 0 Å². The van der Waals surface area contributed by atoms with Gasteiger partial charge in [0.1, 0.15) is 11.5 Å². The van der Waals surface area contributed by atoms with Crippen molar-refractivity contribution in [3.8, 4) is 11.5 Å². The van der Waals surface area contributed by atoms with E-state index in [0.717, 1.165) is 4.90 Å². The maximum atomic E-state index is 12.7. The number of benzene rings is 2. The highest BCUT2D eigenvalue weighted by Gasteiger charge is 2.33. The number of carbonyl (C=O) groups is 2. The first kappa shape index (κ1) is 17.2. The summed E-state index contributed by atoms with van der Waals surface area (Å²) in [5.41, 5.74) is 0.666. The number of para-hydroxylation sites is 2. The average Bonchev–Trinajstić information content (AvgIpc) is 2.65. The van der Waals surface area contributed by atoms with Crippen molar-refractivity contribution in [3.05, 3.63) is 48.5 Å². The zero-order valence-corrected chi connectivity index (χ0v) is 14.5. The number of fused-ring (bicyclic) bond motifs is 1. The first-order valence-electron chi connectivity index (χ1n) is 7.78. The van der Waals surface area contributed by atoms with E-state index in [0.29, 0.717) is 11.4 Å². The number of thioether (sulfide) groups is 1.